The first-order chi connectivity index (χ1) is 6.77. The third-order valence-corrected chi connectivity index (χ3v) is 1.98. The van der Waals surface area contributed by atoms with Crippen molar-refractivity contribution >= 4 is 17.3 Å². The van der Waals surface area contributed by atoms with Crippen LogP contribution in [0.3, 0.4) is 0 Å². The van der Waals surface area contributed by atoms with Crippen molar-refractivity contribution in [3.63, 3.8) is 0 Å². The van der Waals surface area contributed by atoms with Gasteiger partial charge < -0.3 is 9.15 Å². The van der Waals surface area contributed by atoms with Gasteiger partial charge in [0.15, 0.2) is 17.7 Å². The van der Waals surface area contributed by atoms with Crippen molar-refractivity contribution in [1.29, 1.82) is 0 Å². The maximum Gasteiger partial charge on any atom is 0.296 e. The molecule has 0 aliphatic carbocycles. The van der Waals surface area contributed by atoms with Crippen LogP contribution in [0.15, 0.2) is 22.6 Å². The number of fused-ring (bicyclic) bond motifs is 1. The Morgan fingerprint density at radius 2 is 2.29 bits per heavy atom. The van der Waals surface area contributed by atoms with Crippen molar-refractivity contribution in [3.05, 3.63) is 29.6 Å². The molecule has 1 aromatic carbocycles. The van der Waals surface area contributed by atoms with E-state index in [-0.39, 0.29) is 17.1 Å². The fraction of sp³-hybridized carbons (Fsp3) is 0.100. The molecule has 0 fully saturated rings. The highest BCUT2D eigenvalue weighted by Crippen LogP contribution is 2.31. The van der Waals surface area contributed by atoms with Gasteiger partial charge in [0.1, 0.15) is 5.56 Å². The van der Waals surface area contributed by atoms with Crippen LogP contribution in [0.5, 0.6) is 5.95 Å². The average molecular weight is 194 g/mol. The third-order valence-electron chi connectivity index (χ3n) is 1.98. The first-order valence-electron chi connectivity index (χ1n) is 3.98. The summed E-state index contributed by atoms with van der Waals surface area (Å²) in [7, 11) is 1.36. The number of hydrogen-bond donors (Lipinski definition) is 0. The molecule has 0 atom stereocenters. The molecular weight excluding hydrogens is 187 g/mol. The zero-order chi connectivity index (χ0) is 10.1. The van der Waals surface area contributed by atoms with Crippen molar-refractivity contribution in [1.82, 2.24) is 0 Å². The molecule has 3 nitrogen and oxygen atoms in total. The summed E-state index contributed by atoms with van der Waals surface area (Å²) in [6.45, 7) is 0. The lowest BCUT2D eigenvalue weighted by Crippen LogP contribution is -1.84. The molecule has 0 aliphatic rings. The van der Waals surface area contributed by atoms with E-state index in [1.165, 1.54) is 19.2 Å². The summed E-state index contributed by atoms with van der Waals surface area (Å²) in [4.78, 5) is 10.7. The highest BCUT2D eigenvalue weighted by Gasteiger charge is 2.16. The minimum atomic E-state index is -0.506. The van der Waals surface area contributed by atoms with Crippen molar-refractivity contribution in [2.45, 2.75) is 0 Å². The van der Waals surface area contributed by atoms with E-state index in [2.05, 4.69) is 0 Å². The van der Waals surface area contributed by atoms with Crippen LogP contribution in [0.1, 0.15) is 10.4 Å². The molecule has 2 rings (SSSR count). The summed E-state index contributed by atoms with van der Waals surface area (Å²) >= 11 is 0. The second kappa shape index (κ2) is 3.14. The summed E-state index contributed by atoms with van der Waals surface area (Å²) in [5, 5.41) is 0.428. The van der Waals surface area contributed by atoms with Crippen LogP contribution >= 0.6 is 0 Å². The normalized spacial score (nSPS) is 10.4. The lowest BCUT2D eigenvalue weighted by atomic mass is 10.2. The minimum absolute atomic E-state index is 0.0418. The van der Waals surface area contributed by atoms with Crippen molar-refractivity contribution < 1.29 is 18.3 Å². The second-order valence-electron chi connectivity index (χ2n) is 2.74. The molecule has 0 saturated carbocycles. The summed E-state index contributed by atoms with van der Waals surface area (Å²) in [6, 6.07) is 4.38. The second-order valence-corrected chi connectivity index (χ2v) is 2.74. The first kappa shape index (κ1) is 8.74. The number of aldehydes is 1. The molecule has 0 saturated heterocycles. The molecule has 0 radical (unpaired) electrons. The Hall–Kier alpha value is -1.84. The molecule has 72 valence electrons. The number of hydrogen-bond acceptors (Lipinski definition) is 3. The SMILES string of the molecule is COc1oc2c(F)cccc2c1C=O. The zero-order valence-electron chi connectivity index (χ0n) is 7.41. The topological polar surface area (TPSA) is 39.4 Å². The van der Waals surface area contributed by atoms with Crippen LogP contribution in [0.4, 0.5) is 4.39 Å². The maximum absolute atomic E-state index is 13.2. The molecule has 0 bridgehead atoms. The molecule has 0 N–H and O–H groups in total. The Morgan fingerprint density at radius 3 is 2.93 bits per heavy atom. The van der Waals surface area contributed by atoms with E-state index in [1.54, 1.807) is 6.07 Å². The third kappa shape index (κ3) is 1.08. The first-order valence-corrected chi connectivity index (χ1v) is 3.98. The standard InChI is InChI=1S/C10H7FO3/c1-13-10-7(5-12)6-3-2-4-8(11)9(6)14-10/h2-5H,1H3. The van der Waals surface area contributed by atoms with Crippen LogP contribution < -0.4 is 4.74 Å². The molecule has 1 heterocycles. The van der Waals surface area contributed by atoms with E-state index in [9.17, 15) is 9.18 Å². The Bertz CT molecular complexity index is 487. The van der Waals surface area contributed by atoms with Crippen LogP contribution in [-0.4, -0.2) is 13.4 Å². The number of furan rings is 1. The van der Waals surface area contributed by atoms with Gasteiger partial charge in [-0.05, 0) is 6.07 Å². The minimum Gasteiger partial charge on any atom is -0.468 e. The molecule has 0 spiro atoms. The van der Waals surface area contributed by atoms with Gasteiger partial charge in [0.25, 0.3) is 5.95 Å². The van der Waals surface area contributed by atoms with E-state index in [1.807, 2.05) is 0 Å². The van der Waals surface area contributed by atoms with E-state index in [0.29, 0.717) is 11.7 Å². The maximum atomic E-state index is 13.2. The molecule has 0 amide bonds. The number of methoxy groups -OCH3 is 1. The monoisotopic (exact) mass is 194 g/mol. The van der Waals surface area contributed by atoms with E-state index in [4.69, 9.17) is 9.15 Å². The van der Waals surface area contributed by atoms with Crippen LogP contribution in [0.2, 0.25) is 0 Å². The lowest BCUT2D eigenvalue weighted by molar-refractivity contribution is 0.111. The van der Waals surface area contributed by atoms with E-state index in [0.717, 1.165) is 0 Å². The van der Waals surface area contributed by atoms with Gasteiger partial charge >= 0.3 is 0 Å². The molecular formula is C10H7FO3. The molecule has 0 unspecified atom stereocenters. The van der Waals surface area contributed by atoms with Crippen LogP contribution in [0, 0.1) is 5.82 Å². The van der Waals surface area contributed by atoms with Crippen molar-refractivity contribution in [2.75, 3.05) is 7.11 Å². The number of halogens is 1. The summed E-state index contributed by atoms with van der Waals surface area (Å²) in [5.74, 6) is -0.464. The fourth-order valence-corrected chi connectivity index (χ4v) is 1.35. The molecule has 14 heavy (non-hydrogen) atoms. The predicted octanol–water partition coefficient (Wildman–Crippen LogP) is 2.39. The van der Waals surface area contributed by atoms with Crippen LogP contribution in [-0.2, 0) is 0 Å². The highest BCUT2D eigenvalue weighted by molar-refractivity contribution is 5.98. The van der Waals surface area contributed by atoms with Gasteiger partial charge in [-0.25, -0.2) is 4.39 Å². The van der Waals surface area contributed by atoms with Gasteiger partial charge in [-0.15, -0.1) is 0 Å². The Kier molecular flexibility index (Phi) is 1.96. The summed E-state index contributed by atoms with van der Waals surface area (Å²) in [6.07, 6.45) is 0.587. The average Bonchev–Trinajstić information content (AvgIpc) is 2.57. The Labute approximate surface area is 79.1 Å². The lowest BCUT2D eigenvalue weighted by Gasteiger charge is -1.90. The van der Waals surface area contributed by atoms with Gasteiger partial charge in [-0.3, -0.25) is 4.79 Å². The van der Waals surface area contributed by atoms with Gasteiger partial charge in [-0.2, -0.15) is 0 Å². The molecule has 2 aromatic rings. The largest absolute Gasteiger partial charge is 0.468 e. The number of ether oxygens (including phenoxy) is 1. The molecule has 4 heteroatoms. The number of rotatable bonds is 2. The van der Waals surface area contributed by atoms with E-state index < -0.39 is 5.82 Å². The number of para-hydroxylation sites is 1. The predicted molar refractivity (Wildman–Crippen MR) is 48.1 cm³/mol. The van der Waals surface area contributed by atoms with E-state index >= 15 is 0 Å². The van der Waals surface area contributed by atoms with Gasteiger partial charge in [-0.1, -0.05) is 12.1 Å². The van der Waals surface area contributed by atoms with Gasteiger partial charge in [0.2, 0.25) is 0 Å². The number of carbonyl (C=O) groups excluding carboxylic acids is 1. The summed E-state index contributed by atoms with van der Waals surface area (Å²) < 4.78 is 23.0. The highest BCUT2D eigenvalue weighted by atomic mass is 19.1. The number of carbonyl (C=O) groups is 1. The van der Waals surface area contributed by atoms with Gasteiger partial charge in [0.05, 0.1) is 7.11 Å². The zero-order valence-corrected chi connectivity index (χ0v) is 7.41. The smallest absolute Gasteiger partial charge is 0.296 e. The van der Waals surface area contributed by atoms with Gasteiger partial charge in [0, 0.05) is 5.39 Å². The quantitative estimate of drug-likeness (QED) is 0.689. The summed E-state index contributed by atoms with van der Waals surface area (Å²) in [5.41, 5.74) is 0.286. The molecule has 0 aliphatic heterocycles. The van der Waals surface area contributed by atoms with Crippen molar-refractivity contribution in [2.24, 2.45) is 0 Å². The fourth-order valence-electron chi connectivity index (χ4n) is 1.35. The van der Waals surface area contributed by atoms with Crippen molar-refractivity contribution in [3.8, 4) is 5.95 Å². The Morgan fingerprint density at radius 1 is 1.50 bits per heavy atom. The number of benzene rings is 1. The molecule has 1 aromatic heterocycles. The Balaban J connectivity index is 2.86. The van der Waals surface area contributed by atoms with Crippen LogP contribution in [0.25, 0.3) is 11.0 Å².